The van der Waals surface area contributed by atoms with Gasteiger partial charge in [0.1, 0.15) is 12.4 Å². The van der Waals surface area contributed by atoms with Crippen LogP contribution in [0, 0.1) is 0 Å². The fourth-order valence-corrected chi connectivity index (χ4v) is 3.24. The number of H-pyrrole nitrogens is 1. The molecule has 0 atom stereocenters. The van der Waals surface area contributed by atoms with Gasteiger partial charge in [0.05, 0.1) is 6.26 Å². The molecule has 0 amide bonds. The van der Waals surface area contributed by atoms with E-state index in [0.29, 0.717) is 35.8 Å². The zero-order valence-electron chi connectivity index (χ0n) is 16.0. The lowest BCUT2D eigenvalue weighted by molar-refractivity contribution is 0.472. The number of furan rings is 1. The summed E-state index contributed by atoms with van der Waals surface area (Å²) < 4.78 is 14.6. The molecule has 0 aliphatic heterocycles. The second-order valence-electron chi connectivity index (χ2n) is 6.52. The van der Waals surface area contributed by atoms with Crippen LogP contribution in [0.4, 0.5) is 0 Å². The van der Waals surface area contributed by atoms with E-state index in [1.807, 2.05) is 13.8 Å². The number of imidazole rings is 1. The summed E-state index contributed by atoms with van der Waals surface area (Å²) in [5.41, 5.74) is -0.419. The average Bonchev–Trinajstić information content (AvgIpc) is 3.41. The van der Waals surface area contributed by atoms with Crippen molar-refractivity contribution in [1.82, 2.24) is 28.9 Å². The number of aromatic nitrogens is 6. The Hall–Kier alpha value is -3.63. The van der Waals surface area contributed by atoms with Gasteiger partial charge in [-0.25, -0.2) is 14.6 Å². The van der Waals surface area contributed by atoms with Crippen molar-refractivity contribution >= 4 is 11.2 Å². The zero-order valence-corrected chi connectivity index (χ0v) is 16.0. The van der Waals surface area contributed by atoms with E-state index in [4.69, 9.17) is 8.83 Å². The van der Waals surface area contributed by atoms with Crippen LogP contribution in [0.2, 0.25) is 0 Å². The Kier molecular flexibility index (Phi) is 4.79. The van der Waals surface area contributed by atoms with E-state index >= 15 is 0 Å². The molecular formula is C18H20N6O5. The Labute approximate surface area is 163 Å². The van der Waals surface area contributed by atoms with Crippen molar-refractivity contribution in [3.8, 4) is 11.7 Å². The molecule has 0 aromatic carbocycles. The molecule has 0 saturated heterocycles. The van der Waals surface area contributed by atoms with Gasteiger partial charge in [0.15, 0.2) is 16.9 Å². The number of fused-ring (bicyclic) bond motifs is 1. The highest BCUT2D eigenvalue weighted by Gasteiger charge is 2.20. The molecule has 4 aromatic heterocycles. The van der Waals surface area contributed by atoms with Gasteiger partial charge in [-0.3, -0.25) is 14.3 Å². The van der Waals surface area contributed by atoms with Gasteiger partial charge in [-0.1, -0.05) is 13.3 Å². The summed E-state index contributed by atoms with van der Waals surface area (Å²) in [4.78, 5) is 43.8. The van der Waals surface area contributed by atoms with Crippen LogP contribution in [0.3, 0.4) is 0 Å². The number of aryl methyl sites for hydroxylation is 2. The molecule has 0 bridgehead atoms. The molecule has 4 rings (SSSR count). The average molecular weight is 400 g/mol. The summed E-state index contributed by atoms with van der Waals surface area (Å²) in [5, 5.41) is 4.14. The van der Waals surface area contributed by atoms with E-state index in [0.717, 1.165) is 17.5 Å². The molecule has 0 saturated carbocycles. The normalized spacial score (nSPS) is 11.5. The van der Waals surface area contributed by atoms with Crippen molar-refractivity contribution in [1.29, 1.82) is 0 Å². The lowest BCUT2D eigenvalue weighted by Gasteiger charge is -2.06. The minimum Gasteiger partial charge on any atom is -0.459 e. The Bertz CT molecular complexity index is 1320. The third-order valence-corrected chi connectivity index (χ3v) is 4.65. The highest BCUT2D eigenvalue weighted by molar-refractivity contribution is 5.71. The summed E-state index contributed by atoms with van der Waals surface area (Å²) in [6, 6.07) is 3.29. The van der Waals surface area contributed by atoms with Gasteiger partial charge in [-0.15, -0.1) is 5.10 Å². The molecule has 1 N–H and O–H groups in total. The fourth-order valence-electron chi connectivity index (χ4n) is 3.24. The molecule has 0 aliphatic rings. The molecule has 11 nitrogen and oxygen atoms in total. The second-order valence-corrected chi connectivity index (χ2v) is 6.52. The van der Waals surface area contributed by atoms with Crippen LogP contribution >= 0.6 is 0 Å². The molecule has 4 heterocycles. The van der Waals surface area contributed by atoms with Crippen LogP contribution in [0.15, 0.2) is 41.6 Å². The largest absolute Gasteiger partial charge is 0.459 e. The van der Waals surface area contributed by atoms with Crippen LogP contribution in [0.1, 0.15) is 32.5 Å². The maximum atomic E-state index is 12.5. The summed E-state index contributed by atoms with van der Waals surface area (Å²) in [7, 11) is 0. The van der Waals surface area contributed by atoms with Crippen molar-refractivity contribution < 1.29 is 8.83 Å². The van der Waals surface area contributed by atoms with E-state index in [2.05, 4.69) is 15.1 Å². The maximum absolute atomic E-state index is 12.5. The molecule has 4 aromatic rings. The van der Waals surface area contributed by atoms with Crippen LogP contribution in [-0.4, -0.2) is 28.9 Å². The first-order chi connectivity index (χ1) is 14.0. The SMILES string of the molecule is CCCCn1c(=O)[nH]c(=O)c2c1nc(Cn1nc(-c3ccco3)oc1=O)n2CC. The zero-order chi connectivity index (χ0) is 20.5. The number of rotatable bonds is 7. The third kappa shape index (κ3) is 3.24. The maximum Gasteiger partial charge on any atom is 0.437 e. The first-order valence-electron chi connectivity index (χ1n) is 9.37. The first-order valence-corrected chi connectivity index (χ1v) is 9.37. The first kappa shape index (κ1) is 18.7. The monoisotopic (exact) mass is 400 g/mol. The molecule has 11 heteroatoms. The molecular weight excluding hydrogens is 380 g/mol. The third-order valence-electron chi connectivity index (χ3n) is 4.65. The Morgan fingerprint density at radius 1 is 1.17 bits per heavy atom. The standard InChI is InChI=1S/C18H20N6O5/c1-3-5-8-23-14-13(15(25)20-17(23)26)22(4-2)12(19-14)10-24-18(27)29-16(21-24)11-7-6-9-28-11/h6-7,9H,3-5,8,10H2,1-2H3,(H,20,25,26). The lowest BCUT2D eigenvalue weighted by atomic mass is 10.3. The molecule has 29 heavy (non-hydrogen) atoms. The van der Waals surface area contributed by atoms with Gasteiger partial charge in [0.25, 0.3) is 11.4 Å². The van der Waals surface area contributed by atoms with Crippen LogP contribution in [0.25, 0.3) is 22.8 Å². The number of aromatic amines is 1. The Morgan fingerprint density at radius 2 is 2.00 bits per heavy atom. The van der Waals surface area contributed by atoms with Crippen LogP contribution < -0.4 is 17.0 Å². The topological polar surface area (TPSA) is 134 Å². The Balaban J connectivity index is 1.82. The van der Waals surface area contributed by atoms with Crippen molar-refractivity contribution in [2.75, 3.05) is 0 Å². The van der Waals surface area contributed by atoms with Crippen LogP contribution in [0.5, 0.6) is 0 Å². The quantitative estimate of drug-likeness (QED) is 0.492. The van der Waals surface area contributed by atoms with Crippen molar-refractivity contribution in [3.63, 3.8) is 0 Å². The second kappa shape index (κ2) is 7.41. The van der Waals surface area contributed by atoms with Gasteiger partial charge in [0, 0.05) is 13.1 Å². The smallest absolute Gasteiger partial charge is 0.437 e. The molecule has 0 radical (unpaired) electrons. The van der Waals surface area contributed by atoms with Crippen molar-refractivity contribution in [2.45, 2.75) is 46.3 Å². The fraction of sp³-hybridized carbons (Fsp3) is 0.389. The summed E-state index contributed by atoms with van der Waals surface area (Å²) in [6.45, 7) is 4.71. The van der Waals surface area contributed by atoms with E-state index in [1.165, 1.54) is 10.8 Å². The van der Waals surface area contributed by atoms with Gasteiger partial charge in [-0.05, 0) is 25.5 Å². The number of unbranched alkanes of at least 4 members (excludes halogenated alkanes) is 1. The number of nitrogens with zero attached hydrogens (tertiary/aromatic N) is 5. The number of hydrogen-bond donors (Lipinski definition) is 1. The number of nitrogens with one attached hydrogen (secondary N) is 1. The van der Waals surface area contributed by atoms with Crippen molar-refractivity contribution in [2.24, 2.45) is 0 Å². The molecule has 0 spiro atoms. The highest BCUT2D eigenvalue weighted by atomic mass is 16.4. The van der Waals surface area contributed by atoms with Gasteiger partial charge in [-0.2, -0.15) is 4.68 Å². The van der Waals surface area contributed by atoms with E-state index in [9.17, 15) is 14.4 Å². The summed E-state index contributed by atoms with van der Waals surface area (Å²) in [5.74, 6) is 0.125. The minimum atomic E-state index is -0.677. The van der Waals surface area contributed by atoms with Crippen molar-refractivity contribution in [3.05, 3.63) is 55.6 Å². The molecule has 0 fully saturated rings. The van der Waals surface area contributed by atoms with Gasteiger partial charge < -0.3 is 13.4 Å². The molecule has 0 unspecified atom stereocenters. The van der Waals surface area contributed by atoms with E-state index in [-0.39, 0.29) is 12.4 Å². The lowest BCUT2D eigenvalue weighted by Crippen LogP contribution is -2.31. The highest BCUT2D eigenvalue weighted by Crippen LogP contribution is 2.16. The van der Waals surface area contributed by atoms with E-state index in [1.54, 1.807) is 16.7 Å². The molecule has 0 aliphatic carbocycles. The van der Waals surface area contributed by atoms with Gasteiger partial charge >= 0.3 is 11.4 Å². The minimum absolute atomic E-state index is 0.0209. The van der Waals surface area contributed by atoms with E-state index < -0.39 is 17.0 Å². The molecule has 152 valence electrons. The number of hydrogen-bond acceptors (Lipinski definition) is 7. The summed E-state index contributed by atoms with van der Waals surface area (Å²) >= 11 is 0. The predicted molar refractivity (Wildman–Crippen MR) is 103 cm³/mol. The predicted octanol–water partition coefficient (Wildman–Crippen LogP) is 1.16. The van der Waals surface area contributed by atoms with Crippen LogP contribution in [-0.2, 0) is 19.6 Å². The van der Waals surface area contributed by atoms with Gasteiger partial charge in [0.2, 0.25) is 0 Å². The summed E-state index contributed by atoms with van der Waals surface area (Å²) in [6.07, 6.45) is 3.11. The Morgan fingerprint density at radius 3 is 2.69 bits per heavy atom.